The van der Waals surface area contributed by atoms with Gasteiger partial charge in [-0.1, -0.05) is 42.5 Å². The Kier molecular flexibility index (Phi) is 8.12. The molecule has 3 aromatic carbocycles. The maximum atomic E-state index is 14.4. The SMILES string of the molecule is Cc1cc(CSc2ccccc2)ccc1NC(=O)CN(c1ccccc1F)S(=O)(=O)N(C)C. The van der Waals surface area contributed by atoms with Crippen LogP contribution in [0.5, 0.6) is 0 Å². The third kappa shape index (κ3) is 6.34. The van der Waals surface area contributed by atoms with E-state index >= 15 is 0 Å². The highest BCUT2D eigenvalue weighted by Crippen LogP contribution is 2.26. The van der Waals surface area contributed by atoms with Crippen molar-refractivity contribution in [2.45, 2.75) is 17.6 Å². The number of para-hydroxylation sites is 1. The van der Waals surface area contributed by atoms with Gasteiger partial charge in [0.15, 0.2) is 0 Å². The van der Waals surface area contributed by atoms with Crippen molar-refractivity contribution in [3.8, 4) is 0 Å². The predicted octanol–water partition coefficient (Wildman–Crippen LogP) is 4.68. The maximum absolute atomic E-state index is 14.4. The minimum Gasteiger partial charge on any atom is -0.324 e. The lowest BCUT2D eigenvalue weighted by Gasteiger charge is -2.27. The molecule has 6 nitrogen and oxygen atoms in total. The van der Waals surface area contributed by atoms with E-state index in [1.807, 2.05) is 37.3 Å². The minimum absolute atomic E-state index is 0.189. The molecular weight excluding hydrogens is 461 g/mol. The van der Waals surface area contributed by atoms with Crippen LogP contribution >= 0.6 is 11.8 Å². The number of nitrogens with one attached hydrogen (secondary N) is 1. The molecule has 3 aromatic rings. The van der Waals surface area contributed by atoms with E-state index in [1.54, 1.807) is 17.8 Å². The second kappa shape index (κ2) is 10.8. The van der Waals surface area contributed by atoms with Gasteiger partial charge < -0.3 is 5.32 Å². The van der Waals surface area contributed by atoms with Gasteiger partial charge in [-0.25, -0.2) is 8.70 Å². The van der Waals surface area contributed by atoms with Crippen LogP contribution in [0.25, 0.3) is 0 Å². The Morgan fingerprint density at radius 1 is 1.00 bits per heavy atom. The number of nitrogens with zero attached hydrogens (tertiary/aromatic N) is 2. The van der Waals surface area contributed by atoms with Crippen LogP contribution < -0.4 is 9.62 Å². The number of halogens is 1. The zero-order chi connectivity index (χ0) is 24.0. The fourth-order valence-electron chi connectivity index (χ4n) is 3.10. The van der Waals surface area contributed by atoms with E-state index in [0.717, 1.165) is 31.6 Å². The Morgan fingerprint density at radius 2 is 1.67 bits per heavy atom. The normalized spacial score (nSPS) is 11.4. The van der Waals surface area contributed by atoms with Crippen molar-refractivity contribution in [2.24, 2.45) is 0 Å². The highest BCUT2D eigenvalue weighted by Gasteiger charge is 2.29. The fourth-order valence-corrected chi connectivity index (χ4v) is 5.04. The highest BCUT2D eigenvalue weighted by atomic mass is 32.2. The summed E-state index contributed by atoms with van der Waals surface area (Å²) in [6.07, 6.45) is 0. The first kappa shape index (κ1) is 24.8. The first-order chi connectivity index (χ1) is 15.7. The van der Waals surface area contributed by atoms with Crippen LogP contribution in [0.2, 0.25) is 0 Å². The molecule has 0 aliphatic rings. The standard InChI is InChI=1S/C24H26FN3O3S2/c1-18-15-19(17-32-20-9-5-4-6-10-20)13-14-22(18)26-24(29)16-28(33(30,31)27(2)3)23-12-8-7-11-21(23)25/h4-15H,16-17H2,1-3H3,(H,26,29). The summed E-state index contributed by atoms with van der Waals surface area (Å²) in [6.45, 7) is 1.31. The van der Waals surface area contributed by atoms with Crippen LogP contribution in [0.3, 0.4) is 0 Å². The van der Waals surface area contributed by atoms with Gasteiger partial charge in [0, 0.05) is 30.4 Å². The molecule has 0 aromatic heterocycles. The molecule has 3 rings (SSSR count). The number of hydrogen-bond acceptors (Lipinski definition) is 4. The molecule has 0 atom stereocenters. The van der Waals surface area contributed by atoms with E-state index < -0.39 is 28.5 Å². The smallest absolute Gasteiger partial charge is 0.304 e. The molecule has 1 N–H and O–H groups in total. The van der Waals surface area contributed by atoms with Crippen LogP contribution in [-0.4, -0.2) is 39.3 Å². The van der Waals surface area contributed by atoms with Gasteiger partial charge in [0.2, 0.25) is 5.91 Å². The monoisotopic (exact) mass is 487 g/mol. The molecule has 174 valence electrons. The summed E-state index contributed by atoms with van der Waals surface area (Å²) < 4.78 is 41.6. The molecular formula is C24H26FN3O3S2. The first-order valence-corrected chi connectivity index (χ1v) is 12.6. The summed E-state index contributed by atoms with van der Waals surface area (Å²) in [4.78, 5) is 13.9. The topological polar surface area (TPSA) is 69.7 Å². The average Bonchev–Trinajstić information content (AvgIpc) is 2.79. The van der Waals surface area contributed by atoms with Gasteiger partial charge in [-0.2, -0.15) is 12.7 Å². The molecule has 0 bridgehead atoms. The lowest BCUT2D eigenvalue weighted by atomic mass is 10.1. The molecule has 1 amide bonds. The van der Waals surface area contributed by atoms with Gasteiger partial charge in [0.25, 0.3) is 0 Å². The molecule has 0 heterocycles. The van der Waals surface area contributed by atoms with E-state index in [4.69, 9.17) is 0 Å². The van der Waals surface area contributed by atoms with Gasteiger partial charge in [0.05, 0.1) is 5.69 Å². The van der Waals surface area contributed by atoms with Crippen molar-refractivity contribution >= 4 is 39.3 Å². The Balaban J connectivity index is 1.73. The van der Waals surface area contributed by atoms with Crippen molar-refractivity contribution in [3.05, 3.63) is 89.7 Å². The molecule has 0 aliphatic carbocycles. The van der Waals surface area contributed by atoms with Crippen LogP contribution in [0.4, 0.5) is 15.8 Å². The Bertz CT molecular complexity index is 1220. The van der Waals surface area contributed by atoms with Crippen LogP contribution in [0, 0.1) is 12.7 Å². The summed E-state index contributed by atoms with van der Waals surface area (Å²) >= 11 is 1.71. The van der Waals surface area contributed by atoms with E-state index in [9.17, 15) is 17.6 Å². The number of amides is 1. The van der Waals surface area contributed by atoms with Crippen molar-refractivity contribution in [1.82, 2.24) is 4.31 Å². The lowest BCUT2D eigenvalue weighted by molar-refractivity contribution is -0.114. The Labute approximate surface area is 198 Å². The largest absolute Gasteiger partial charge is 0.324 e. The predicted molar refractivity (Wildman–Crippen MR) is 132 cm³/mol. The van der Waals surface area contributed by atoms with Gasteiger partial charge in [-0.3, -0.25) is 4.79 Å². The summed E-state index contributed by atoms with van der Waals surface area (Å²) in [6, 6.07) is 21.2. The van der Waals surface area contributed by atoms with Gasteiger partial charge in [-0.15, -0.1) is 11.8 Å². The van der Waals surface area contributed by atoms with E-state index in [2.05, 4.69) is 17.4 Å². The molecule has 9 heteroatoms. The fraction of sp³-hybridized carbons (Fsp3) is 0.208. The minimum atomic E-state index is -4.09. The average molecular weight is 488 g/mol. The summed E-state index contributed by atoms with van der Waals surface area (Å²) in [5, 5.41) is 2.75. The summed E-state index contributed by atoms with van der Waals surface area (Å²) in [5.74, 6) is -0.522. The van der Waals surface area contributed by atoms with E-state index in [-0.39, 0.29) is 5.69 Å². The molecule has 0 saturated heterocycles. The van der Waals surface area contributed by atoms with Gasteiger partial charge in [0.1, 0.15) is 12.4 Å². The van der Waals surface area contributed by atoms with Gasteiger partial charge >= 0.3 is 10.2 Å². The van der Waals surface area contributed by atoms with Crippen molar-refractivity contribution in [3.63, 3.8) is 0 Å². The molecule has 0 radical (unpaired) electrons. The maximum Gasteiger partial charge on any atom is 0.304 e. The summed E-state index contributed by atoms with van der Waals surface area (Å²) in [7, 11) is -1.43. The number of benzene rings is 3. The number of rotatable bonds is 9. The highest BCUT2D eigenvalue weighted by molar-refractivity contribution is 7.98. The number of aryl methyl sites for hydroxylation is 1. The van der Waals surface area contributed by atoms with Crippen molar-refractivity contribution < 1.29 is 17.6 Å². The second-order valence-corrected chi connectivity index (χ2v) is 10.7. The number of anilines is 2. The van der Waals surface area contributed by atoms with Crippen LogP contribution in [-0.2, 0) is 20.8 Å². The van der Waals surface area contributed by atoms with Gasteiger partial charge in [-0.05, 0) is 48.4 Å². The number of carbonyl (C=O) groups excluding carboxylic acids is 1. The molecule has 0 fully saturated rings. The Morgan fingerprint density at radius 3 is 2.30 bits per heavy atom. The lowest BCUT2D eigenvalue weighted by Crippen LogP contribution is -2.44. The summed E-state index contributed by atoms with van der Waals surface area (Å²) in [5.41, 5.74) is 2.33. The number of hydrogen-bond donors (Lipinski definition) is 1. The Hall–Kier alpha value is -2.88. The zero-order valence-corrected chi connectivity index (χ0v) is 20.3. The van der Waals surface area contributed by atoms with E-state index in [0.29, 0.717) is 5.69 Å². The zero-order valence-electron chi connectivity index (χ0n) is 18.7. The first-order valence-electron chi connectivity index (χ1n) is 10.2. The quantitative estimate of drug-likeness (QED) is 0.445. The third-order valence-corrected chi connectivity index (χ3v) is 7.75. The number of carbonyl (C=O) groups is 1. The van der Waals surface area contributed by atoms with Crippen LogP contribution in [0.1, 0.15) is 11.1 Å². The molecule has 33 heavy (non-hydrogen) atoms. The van der Waals surface area contributed by atoms with Crippen molar-refractivity contribution in [2.75, 3.05) is 30.3 Å². The molecule has 0 aliphatic heterocycles. The van der Waals surface area contributed by atoms with Crippen molar-refractivity contribution in [1.29, 1.82) is 0 Å². The number of thioether (sulfide) groups is 1. The second-order valence-electron chi connectivity index (χ2n) is 7.55. The molecule has 0 unspecified atom stereocenters. The third-order valence-electron chi connectivity index (χ3n) is 4.86. The molecule has 0 saturated carbocycles. The molecule has 0 spiro atoms. The van der Waals surface area contributed by atoms with Crippen LogP contribution in [0.15, 0.2) is 77.7 Å². The van der Waals surface area contributed by atoms with E-state index in [1.165, 1.54) is 37.2 Å².